The number of fused-ring (bicyclic) bond motifs is 1. The number of furan rings is 1. The number of hydrogen-bond donors (Lipinski definition) is 2. The normalized spacial score (nSPS) is 15.1. The molecule has 23 heavy (non-hydrogen) atoms. The lowest BCUT2D eigenvalue weighted by Gasteiger charge is -2.20. The van der Waals surface area contributed by atoms with Crippen LogP contribution in [0.3, 0.4) is 0 Å². The van der Waals surface area contributed by atoms with Gasteiger partial charge in [-0.25, -0.2) is 0 Å². The highest BCUT2D eigenvalue weighted by atomic mass is 32.2. The summed E-state index contributed by atoms with van der Waals surface area (Å²) in [6.07, 6.45) is 3.46. The Morgan fingerprint density at radius 1 is 1.26 bits per heavy atom. The molecule has 1 aromatic carbocycles. The SMILES string of the molecule is CSCc1ccc(CNC(C)c2ccc3c(c2)CCC(=O)N3)o1. The van der Waals surface area contributed by atoms with E-state index in [4.69, 9.17) is 4.42 Å². The minimum atomic E-state index is 0.107. The van der Waals surface area contributed by atoms with Crippen molar-refractivity contribution in [3.63, 3.8) is 0 Å². The molecule has 0 saturated carbocycles. The minimum absolute atomic E-state index is 0.107. The van der Waals surface area contributed by atoms with Gasteiger partial charge < -0.3 is 15.1 Å². The molecule has 0 radical (unpaired) electrons. The highest BCUT2D eigenvalue weighted by Gasteiger charge is 2.16. The summed E-state index contributed by atoms with van der Waals surface area (Å²) in [6, 6.07) is 10.6. The average Bonchev–Trinajstić information content (AvgIpc) is 3.00. The second-order valence-electron chi connectivity index (χ2n) is 5.87. The van der Waals surface area contributed by atoms with E-state index in [1.807, 2.05) is 18.2 Å². The van der Waals surface area contributed by atoms with Gasteiger partial charge in [0.05, 0.1) is 12.3 Å². The molecule has 1 aliphatic heterocycles. The lowest BCUT2D eigenvalue weighted by molar-refractivity contribution is -0.116. The van der Waals surface area contributed by atoms with Crippen molar-refractivity contribution in [2.75, 3.05) is 11.6 Å². The maximum atomic E-state index is 11.4. The van der Waals surface area contributed by atoms with Gasteiger partial charge in [-0.3, -0.25) is 4.79 Å². The average molecular weight is 330 g/mol. The highest BCUT2D eigenvalue weighted by Crippen LogP contribution is 2.26. The first-order valence-corrected chi connectivity index (χ1v) is 9.27. The fourth-order valence-corrected chi connectivity index (χ4v) is 3.22. The molecule has 0 spiro atoms. The van der Waals surface area contributed by atoms with E-state index in [2.05, 4.69) is 35.9 Å². The molecule has 1 aliphatic rings. The number of anilines is 1. The van der Waals surface area contributed by atoms with Gasteiger partial charge in [0.15, 0.2) is 0 Å². The van der Waals surface area contributed by atoms with E-state index in [9.17, 15) is 4.79 Å². The quantitative estimate of drug-likeness (QED) is 0.844. The van der Waals surface area contributed by atoms with Crippen LogP contribution >= 0.6 is 11.8 Å². The van der Waals surface area contributed by atoms with Crippen molar-refractivity contribution >= 4 is 23.4 Å². The summed E-state index contributed by atoms with van der Waals surface area (Å²) in [5.74, 6) is 3.00. The van der Waals surface area contributed by atoms with E-state index >= 15 is 0 Å². The summed E-state index contributed by atoms with van der Waals surface area (Å²) >= 11 is 1.76. The van der Waals surface area contributed by atoms with Crippen molar-refractivity contribution < 1.29 is 9.21 Å². The summed E-state index contributed by atoms with van der Waals surface area (Å²) in [7, 11) is 0. The molecule has 2 N–H and O–H groups in total. The van der Waals surface area contributed by atoms with Crippen molar-refractivity contribution in [2.24, 2.45) is 0 Å². The van der Waals surface area contributed by atoms with Gasteiger partial charge in [0.1, 0.15) is 11.5 Å². The first-order valence-electron chi connectivity index (χ1n) is 7.88. The standard InChI is InChI=1S/C18H22N2O2S/c1-12(19-10-15-5-6-16(22-15)11-23-2)13-3-7-17-14(9-13)4-8-18(21)20-17/h3,5-7,9,12,19H,4,8,10-11H2,1-2H3,(H,20,21). The molecular weight excluding hydrogens is 308 g/mol. The van der Waals surface area contributed by atoms with Crippen molar-refractivity contribution in [3.05, 3.63) is 53.0 Å². The van der Waals surface area contributed by atoms with Crippen molar-refractivity contribution in [2.45, 2.75) is 38.1 Å². The molecule has 1 amide bonds. The molecular formula is C18H22N2O2S. The number of carbonyl (C=O) groups excluding carboxylic acids is 1. The van der Waals surface area contributed by atoms with Gasteiger partial charge >= 0.3 is 0 Å². The number of aryl methyl sites for hydroxylation is 1. The van der Waals surface area contributed by atoms with Crippen LogP contribution in [-0.4, -0.2) is 12.2 Å². The number of benzene rings is 1. The van der Waals surface area contributed by atoms with Crippen LogP contribution in [-0.2, 0) is 23.5 Å². The zero-order valence-corrected chi connectivity index (χ0v) is 14.3. The topological polar surface area (TPSA) is 54.3 Å². The number of carbonyl (C=O) groups is 1. The molecule has 1 aromatic heterocycles. The third-order valence-corrected chi connectivity index (χ3v) is 4.68. The Labute approximate surface area is 141 Å². The Morgan fingerprint density at radius 3 is 2.91 bits per heavy atom. The zero-order chi connectivity index (χ0) is 16.2. The van der Waals surface area contributed by atoms with Gasteiger partial charge in [0.25, 0.3) is 0 Å². The van der Waals surface area contributed by atoms with E-state index in [0.717, 1.165) is 29.4 Å². The lowest BCUT2D eigenvalue weighted by Crippen LogP contribution is -2.21. The Kier molecular flexibility index (Phi) is 5.08. The van der Waals surface area contributed by atoms with E-state index in [1.54, 1.807) is 11.8 Å². The first-order chi connectivity index (χ1) is 11.2. The Balaban J connectivity index is 1.61. The van der Waals surface area contributed by atoms with Crippen LogP contribution in [0.15, 0.2) is 34.7 Å². The second-order valence-corrected chi connectivity index (χ2v) is 6.73. The van der Waals surface area contributed by atoms with E-state index in [1.165, 1.54) is 11.1 Å². The molecule has 2 heterocycles. The molecule has 2 aromatic rings. The van der Waals surface area contributed by atoms with Crippen LogP contribution in [0, 0.1) is 0 Å². The van der Waals surface area contributed by atoms with Crippen LogP contribution in [0.1, 0.15) is 42.0 Å². The molecule has 1 atom stereocenters. The highest BCUT2D eigenvalue weighted by molar-refractivity contribution is 7.97. The smallest absolute Gasteiger partial charge is 0.224 e. The number of rotatable bonds is 6. The van der Waals surface area contributed by atoms with Crippen LogP contribution in [0.5, 0.6) is 0 Å². The Morgan fingerprint density at radius 2 is 2.09 bits per heavy atom. The number of hydrogen-bond acceptors (Lipinski definition) is 4. The largest absolute Gasteiger partial charge is 0.464 e. The Hall–Kier alpha value is -1.72. The van der Waals surface area contributed by atoms with Gasteiger partial charge in [-0.05, 0) is 48.9 Å². The minimum Gasteiger partial charge on any atom is -0.464 e. The molecule has 0 aliphatic carbocycles. The summed E-state index contributed by atoms with van der Waals surface area (Å²) in [5, 5.41) is 6.42. The molecule has 0 bridgehead atoms. The van der Waals surface area contributed by atoms with Gasteiger partial charge in [-0.1, -0.05) is 12.1 Å². The predicted octanol–water partition coefficient (Wildman–Crippen LogP) is 3.88. The van der Waals surface area contributed by atoms with Crippen LogP contribution in [0.2, 0.25) is 0 Å². The summed E-state index contributed by atoms with van der Waals surface area (Å²) < 4.78 is 5.78. The first kappa shape index (κ1) is 16.1. The Bertz CT molecular complexity index is 696. The van der Waals surface area contributed by atoms with Gasteiger partial charge in [-0.2, -0.15) is 11.8 Å². The maximum Gasteiger partial charge on any atom is 0.224 e. The van der Waals surface area contributed by atoms with Gasteiger partial charge in [-0.15, -0.1) is 0 Å². The third-order valence-electron chi connectivity index (χ3n) is 4.11. The van der Waals surface area contributed by atoms with Gasteiger partial charge in [0.2, 0.25) is 5.91 Å². The molecule has 0 saturated heterocycles. The monoisotopic (exact) mass is 330 g/mol. The van der Waals surface area contributed by atoms with E-state index < -0.39 is 0 Å². The lowest BCUT2D eigenvalue weighted by atomic mass is 9.98. The molecule has 0 fully saturated rings. The van der Waals surface area contributed by atoms with Crippen LogP contribution in [0.4, 0.5) is 5.69 Å². The number of nitrogens with one attached hydrogen (secondary N) is 2. The summed E-state index contributed by atoms with van der Waals surface area (Å²) in [5.41, 5.74) is 3.40. The van der Waals surface area contributed by atoms with E-state index in [0.29, 0.717) is 13.0 Å². The third kappa shape index (κ3) is 3.98. The molecule has 4 nitrogen and oxygen atoms in total. The second kappa shape index (κ2) is 7.23. The van der Waals surface area contributed by atoms with E-state index in [-0.39, 0.29) is 11.9 Å². The fourth-order valence-electron chi connectivity index (χ4n) is 2.78. The molecule has 3 rings (SSSR count). The van der Waals surface area contributed by atoms with Gasteiger partial charge in [0, 0.05) is 18.2 Å². The van der Waals surface area contributed by atoms with Crippen LogP contribution in [0.25, 0.3) is 0 Å². The summed E-state index contributed by atoms with van der Waals surface area (Å²) in [4.78, 5) is 11.4. The number of thioether (sulfide) groups is 1. The van der Waals surface area contributed by atoms with Crippen molar-refractivity contribution in [1.82, 2.24) is 5.32 Å². The molecule has 1 unspecified atom stereocenters. The summed E-state index contributed by atoms with van der Waals surface area (Å²) in [6.45, 7) is 2.86. The van der Waals surface area contributed by atoms with Crippen molar-refractivity contribution in [1.29, 1.82) is 0 Å². The number of amides is 1. The zero-order valence-electron chi connectivity index (χ0n) is 13.5. The fraction of sp³-hybridized carbons (Fsp3) is 0.389. The maximum absolute atomic E-state index is 11.4. The van der Waals surface area contributed by atoms with Crippen LogP contribution < -0.4 is 10.6 Å². The molecule has 5 heteroatoms. The van der Waals surface area contributed by atoms with Crippen molar-refractivity contribution in [3.8, 4) is 0 Å². The predicted molar refractivity (Wildman–Crippen MR) is 94.6 cm³/mol. The molecule has 122 valence electrons.